The number of ether oxygens (including phenoxy) is 1. The Kier molecular flexibility index (Phi) is 4.98. The standard InChI is InChI=1S/C16H16N2O4/c1-22-14-5-3-2-4-13(14)18-16(21)17-10-11-6-8-12(9-7-11)15(19)20/h2-9H,10H2,1H3,(H,19,20)(H2,17,18,21). The molecule has 114 valence electrons. The second-order valence-electron chi connectivity index (χ2n) is 4.51. The smallest absolute Gasteiger partial charge is 0.335 e. The lowest BCUT2D eigenvalue weighted by Crippen LogP contribution is -2.28. The zero-order valence-electron chi connectivity index (χ0n) is 12.0. The Morgan fingerprint density at radius 2 is 1.77 bits per heavy atom. The van der Waals surface area contributed by atoms with Gasteiger partial charge in [-0.25, -0.2) is 9.59 Å². The zero-order chi connectivity index (χ0) is 15.9. The van der Waals surface area contributed by atoms with Crippen molar-refractivity contribution in [3.63, 3.8) is 0 Å². The van der Waals surface area contributed by atoms with Crippen molar-refractivity contribution in [1.29, 1.82) is 0 Å². The number of methoxy groups -OCH3 is 1. The summed E-state index contributed by atoms with van der Waals surface area (Å²) < 4.78 is 5.15. The Labute approximate surface area is 127 Å². The highest BCUT2D eigenvalue weighted by Crippen LogP contribution is 2.22. The third kappa shape index (κ3) is 3.99. The van der Waals surface area contributed by atoms with E-state index in [0.29, 0.717) is 18.0 Å². The maximum atomic E-state index is 11.9. The van der Waals surface area contributed by atoms with Crippen LogP contribution in [0.5, 0.6) is 5.75 Å². The third-order valence-electron chi connectivity index (χ3n) is 3.01. The Morgan fingerprint density at radius 1 is 1.09 bits per heavy atom. The number of carboxylic acid groups (broad SMARTS) is 1. The number of hydrogen-bond donors (Lipinski definition) is 3. The molecule has 0 spiro atoms. The van der Waals surface area contributed by atoms with E-state index in [1.54, 1.807) is 30.3 Å². The molecule has 0 aliphatic rings. The maximum absolute atomic E-state index is 11.9. The molecule has 0 unspecified atom stereocenters. The first-order chi connectivity index (χ1) is 10.6. The Balaban J connectivity index is 1.91. The van der Waals surface area contributed by atoms with Crippen molar-refractivity contribution in [2.24, 2.45) is 0 Å². The molecule has 2 aromatic rings. The van der Waals surface area contributed by atoms with Crippen LogP contribution in [-0.2, 0) is 6.54 Å². The van der Waals surface area contributed by atoms with Crippen molar-refractivity contribution in [2.45, 2.75) is 6.54 Å². The van der Waals surface area contributed by atoms with Crippen LogP contribution in [0.3, 0.4) is 0 Å². The highest BCUT2D eigenvalue weighted by Gasteiger charge is 2.07. The molecule has 6 nitrogen and oxygen atoms in total. The maximum Gasteiger partial charge on any atom is 0.335 e. The molecule has 0 saturated carbocycles. The van der Waals surface area contributed by atoms with E-state index in [1.807, 2.05) is 6.07 Å². The fourth-order valence-corrected chi connectivity index (χ4v) is 1.86. The van der Waals surface area contributed by atoms with E-state index in [0.717, 1.165) is 5.56 Å². The molecule has 0 aliphatic heterocycles. The molecular formula is C16H16N2O4. The first kappa shape index (κ1) is 15.4. The monoisotopic (exact) mass is 300 g/mol. The Morgan fingerprint density at radius 3 is 2.41 bits per heavy atom. The van der Waals surface area contributed by atoms with E-state index in [-0.39, 0.29) is 11.6 Å². The van der Waals surface area contributed by atoms with E-state index in [2.05, 4.69) is 10.6 Å². The molecule has 0 heterocycles. The van der Waals surface area contributed by atoms with Gasteiger partial charge in [-0.15, -0.1) is 0 Å². The molecule has 0 aliphatic carbocycles. The molecule has 0 fully saturated rings. The summed E-state index contributed by atoms with van der Waals surface area (Å²) in [4.78, 5) is 22.6. The van der Waals surface area contributed by atoms with Gasteiger partial charge in [0.2, 0.25) is 0 Å². The number of urea groups is 1. The molecule has 0 bridgehead atoms. The second kappa shape index (κ2) is 7.12. The van der Waals surface area contributed by atoms with Gasteiger partial charge in [0.25, 0.3) is 0 Å². The minimum absolute atomic E-state index is 0.210. The summed E-state index contributed by atoms with van der Waals surface area (Å²) in [6.45, 7) is 0.293. The van der Waals surface area contributed by atoms with Crippen LogP contribution in [0.1, 0.15) is 15.9 Å². The molecule has 0 aromatic heterocycles. The van der Waals surface area contributed by atoms with Gasteiger partial charge in [0.1, 0.15) is 5.75 Å². The predicted octanol–water partition coefficient (Wildman–Crippen LogP) is 2.72. The van der Waals surface area contributed by atoms with Crippen molar-refractivity contribution < 1.29 is 19.4 Å². The first-order valence-corrected chi connectivity index (χ1v) is 6.60. The number of anilines is 1. The summed E-state index contributed by atoms with van der Waals surface area (Å²) in [6.07, 6.45) is 0. The van der Waals surface area contributed by atoms with E-state index in [4.69, 9.17) is 9.84 Å². The van der Waals surface area contributed by atoms with Gasteiger partial charge >= 0.3 is 12.0 Å². The third-order valence-corrected chi connectivity index (χ3v) is 3.01. The summed E-state index contributed by atoms with van der Waals surface area (Å²) in [5.74, 6) is -0.406. The van der Waals surface area contributed by atoms with Crippen molar-refractivity contribution in [3.05, 3.63) is 59.7 Å². The minimum atomic E-state index is -0.978. The van der Waals surface area contributed by atoms with Crippen LogP contribution >= 0.6 is 0 Å². The Hall–Kier alpha value is -3.02. The van der Waals surface area contributed by atoms with Gasteiger partial charge in [-0.1, -0.05) is 24.3 Å². The number of benzene rings is 2. The Bertz CT molecular complexity index is 668. The summed E-state index contributed by atoms with van der Waals surface area (Å²) in [7, 11) is 1.53. The number of hydrogen-bond acceptors (Lipinski definition) is 3. The molecule has 6 heteroatoms. The second-order valence-corrected chi connectivity index (χ2v) is 4.51. The molecule has 2 amide bonds. The SMILES string of the molecule is COc1ccccc1NC(=O)NCc1ccc(C(=O)O)cc1. The number of rotatable bonds is 5. The number of para-hydroxylation sites is 2. The summed E-state index contributed by atoms with van der Waals surface area (Å²) >= 11 is 0. The van der Waals surface area contributed by atoms with Crippen LogP contribution in [0.25, 0.3) is 0 Å². The van der Waals surface area contributed by atoms with Crippen LogP contribution in [0.2, 0.25) is 0 Å². The topological polar surface area (TPSA) is 87.7 Å². The van der Waals surface area contributed by atoms with Gasteiger partial charge in [0.15, 0.2) is 0 Å². The van der Waals surface area contributed by atoms with Gasteiger partial charge in [0.05, 0.1) is 18.4 Å². The van der Waals surface area contributed by atoms with Crippen molar-refractivity contribution in [1.82, 2.24) is 5.32 Å². The minimum Gasteiger partial charge on any atom is -0.495 e. The van der Waals surface area contributed by atoms with Gasteiger partial charge in [0, 0.05) is 6.54 Å². The van der Waals surface area contributed by atoms with Crippen LogP contribution < -0.4 is 15.4 Å². The fourth-order valence-electron chi connectivity index (χ4n) is 1.86. The van der Waals surface area contributed by atoms with Gasteiger partial charge in [-0.05, 0) is 29.8 Å². The average molecular weight is 300 g/mol. The summed E-state index contributed by atoms with van der Waals surface area (Å²) in [6, 6.07) is 13.0. The van der Waals surface area contributed by atoms with E-state index in [9.17, 15) is 9.59 Å². The molecule has 3 N–H and O–H groups in total. The molecule has 2 rings (SSSR count). The largest absolute Gasteiger partial charge is 0.495 e. The van der Waals surface area contributed by atoms with E-state index < -0.39 is 5.97 Å². The molecule has 2 aromatic carbocycles. The number of amides is 2. The van der Waals surface area contributed by atoms with Crippen LogP contribution in [0, 0.1) is 0 Å². The van der Waals surface area contributed by atoms with Gasteiger partial charge < -0.3 is 20.5 Å². The highest BCUT2D eigenvalue weighted by molar-refractivity contribution is 5.91. The number of carbonyl (C=O) groups excluding carboxylic acids is 1. The fraction of sp³-hybridized carbons (Fsp3) is 0.125. The molecule has 22 heavy (non-hydrogen) atoms. The number of carboxylic acids is 1. The molecule has 0 atom stereocenters. The van der Waals surface area contributed by atoms with Crippen molar-refractivity contribution in [3.8, 4) is 5.75 Å². The van der Waals surface area contributed by atoms with Crippen LogP contribution in [-0.4, -0.2) is 24.2 Å². The number of nitrogens with one attached hydrogen (secondary N) is 2. The lowest BCUT2D eigenvalue weighted by Gasteiger charge is -2.11. The van der Waals surface area contributed by atoms with Crippen molar-refractivity contribution in [2.75, 3.05) is 12.4 Å². The lowest BCUT2D eigenvalue weighted by atomic mass is 10.1. The van der Waals surface area contributed by atoms with Gasteiger partial charge in [-0.2, -0.15) is 0 Å². The molecule has 0 radical (unpaired) electrons. The quantitative estimate of drug-likeness (QED) is 0.792. The lowest BCUT2D eigenvalue weighted by molar-refractivity contribution is 0.0697. The molecular weight excluding hydrogens is 284 g/mol. The number of aromatic carboxylic acids is 1. The van der Waals surface area contributed by atoms with Crippen molar-refractivity contribution >= 4 is 17.7 Å². The first-order valence-electron chi connectivity index (χ1n) is 6.60. The summed E-state index contributed by atoms with van der Waals surface area (Å²) in [5, 5.41) is 14.2. The van der Waals surface area contributed by atoms with Crippen LogP contribution in [0.15, 0.2) is 48.5 Å². The molecule has 0 saturated heterocycles. The summed E-state index contributed by atoms with van der Waals surface area (Å²) in [5.41, 5.74) is 1.59. The number of carbonyl (C=O) groups is 2. The van der Waals surface area contributed by atoms with Gasteiger partial charge in [-0.3, -0.25) is 0 Å². The van der Waals surface area contributed by atoms with Crippen LogP contribution in [0.4, 0.5) is 10.5 Å². The predicted molar refractivity (Wildman–Crippen MR) is 82.3 cm³/mol. The van der Waals surface area contributed by atoms with E-state index >= 15 is 0 Å². The average Bonchev–Trinajstić information content (AvgIpc) is 2.54. The van der Waals surface area contributed by atoms with E-state index in [1.165, 1.54) is 19.2 Å². The normalized spacial score (nSPS) is 9.86. The highest BCUT2D eigenvalue weighted by atomic mass is 16.5. The zero-order valence-corrected chi connectivity index (χ0v) is 12.0.